The first-order valence-corrected chi connectivity index (χ1v) is 10.9. The molecule has 4 rings (SSSR count). The maximum atomic E-state index is 12.7. The third-order valence-corrected chi connectivity index (χ3v) is 7.14. The second-order valence-corrected chi connectivity index (χ2v) is 9.44. The molecule has 2 N–H and O–H groups in total. The summed E-state index contributed by atoms with van der Waals surface area (Å²) >= 11 is 0. The minimum Gasteiger partial charge on any atom is -0.349 e. The van der Waals surface area contributed by atoms with E-state index in [1.165, 1.54) is 31.4 Å². The highest BCUT2D eigenvalue weighted by molar-refractivity contribution is 7.92. The van der Waals surface area contributed by atoms with Gasteiger partial charge in [0, 0.05) is 17.3 Å². The molecule has 27 heavy (non-hydrogen) atoms. The molecule has 0 saturated heterocycles. The summed E-state index contributed by atoms with van der Waals surface area (Å²) in [5, 5.41) is 3.11. The van der Waals surface area contributed by atoms with Gasteiger partial charge in [-0.1, -0.05) is 30.2 Å². The minimum absolute atomic E-state index is 0.0867. The molecule has 2 aromatic rings. The fourth-order valence-corrected chi connectivity index (χ4v) is 5.42. The lowest BCUT2D eigenvalue weighted by molar-refractivity contribution is 0.0922. The maximum Gasteiger partial charge on any atom is 0.261 e. The van der Waals surface area contributed by atoms with Gasteiger partial charge in [0.15, 0.2) is 0 Å². The van der Waals surface area contributed by atoms with Gasteiger partial charge in [-0.25, -0.2) is 8.42 Å². The van der Waals surface area contributed by atoms with Gasteiger partial charge in [-0.2, -0.15) is 0 Å². The van der Waals surface area contributed by atoms with Gasteiger partial charge in [-0.3, -0.25) is 9.52 Å². The number of carbonyl (C=O) groups is 1. The fourth-order valence-electron chi connectivity index (χ4n) is 4.31. The molecule has 2 aliphatic carbocycles. The molecule has 3 atom stereocenters. The van der Waals surface area contributed by atoms with Crippen LogP contribution in [-0.4, -0.2) is 20.4 Å². The van der Waals surface area contributed by atoms with Crippen molar-refractivity contribution in [1.82, 2.24) is 5.32 Å². The molecule has 142 valence electrons. The predicted octanol–water partition coefficient (Wildman–Crippen LogP) is 3.71. The molecule has 0 spiro atoms. The van der Waals surface area contributed by atoms with Gasteiger partial charge in [0.1, 0.15) is 0 Å². The van der Waals surface area contributed by atoms with E-state index in [9.17, 15) is 13.2 Å². The zero-order valence-corrected chi connectivity index (χ0v) is 16.1. The van der Waals surface area contributed by atoms with Crippen molar-refractivity contribution in [3.63, 3.8) is 0 Å². The summed E-state index contributed by atoms with van der Waals surface area (Å²) in [5.74, 6) is 1.12. The van der Waals surface area contributed by atoms with E-state index in [1.54, 1.807) is 24.3 Å². The molecule has 1 amide bonds. The molecule has 2 aliphatic rings. The standard InChI is InChI=1S/C21H24N2O3S/c1-14-5-9-18(10-6-14)23-27(25,26)19-4-2-3-17(13-19)21(24)22-20-12-15-7-8-16(20)11-15/h2-6,9-10,13,15-16,20,23H,7-8,11-12H2,1H3,(H,22,24)/t15-,16-,20+/m1/s1. The van der Waals surface area contributed by atoms with Crippen LogP contribution in [0.25, 0.3) is 0 Å². The summed E-state index contributed by atoms with van der Waals surface area (Å²) in [6, 6.07) is 13.6. The van der Waals surface area contributed by atoms with Gasteiger partial charge < -0.3 is 5.32 Å². The number of anilines is 1. The van der Waals surface area contributed by atoms with Gasteiger partial charge >= 0.3 is 0 Å². The Hall–Kier alpha value is -2.34. The molecule has 6 heteroatoms. The van der Waals surface area contributed by atoms with Gasteiger partial charge in [0.2, 0.25) is 0 Å². The van der Waals surface area contributed by atoms with Crippen LogP contribution in [0.3, 0.4) is 0 Å². The number of sulfonamides is 1. The zero-order chi connectivity index (χ0) is 19.0. The first-order valence-electron chi connectivity index (χ1n) is 9.41. The van der Waals surface area contributed by atoms with Crippen LogP contribution in [0, 0.1) is 18.8 Å². The molecule has 5 nitrogen and oxygen atoms in total. The summed E-state index contributed by atoms with van der Waals surface area (Å²) in [6.07, 6.45) is 4.71. The topological polar surface area (TPSA) is 75.3 Å². The number of carbonyl (C=O) groups excluding carboxylic acids is 1. The molecule has 2 bridgehead atoms. The van der Waals surface area contributed by atoms with Crippen LogP contribution in [0.5, 0.6) is 0 Å². The van der Waals surface area contributed by atoms with Crippen LogP contribution >= 0.6 is 0 Å². The summed E-state index contributed by atoms with van der Waals surface area (Å²) < 4.78 is 27.9. The lowest BCUT2D eigenvalue weighted by Crippen LogP contribution is -2.38. The van der Waals surface area contributed by atoms with Gasteiger partial charge in [-0.05, 0) is 68.4 Å². The Labute approximate surface area is 160 Å². The first-order chi connectivity index (χ1) is 12.9. The third-order valence-electron chi connectivity index (χ3n) is 5.76. The van der Waals surface area contributed by atoms with Crippen molar-refractivity contribution in [2.24, 2.45) is 11.8 Å². The fraction of sp³-hybridized carbons (Fsp3) is 0.381. The van der Waals surface area contributed by atoms with Crippen molar-refractivity contribution in [1.29, 1.82) is 0 Å². The molecule has 0 radical (unpaired) electrons. The highest BCUT2D eigenvalue weighted by Crippen LogP contribution is 2.44. The molecule has 0 aromatic heterocycles. The number of rotatable bonds is 5. The van der Waals surface area contributed by atoms with E-state index < -0.39 is 10.0 Å². The molecule has 0 unspecified atom stereocenters. The molecule has 2 saturated carbocycles. The quantitative estimate of drug-likeness (QED) is 0.825. The molecule has 2 aromatic carbocycles. The monoisotopic (exact) mass is 384 g/mol. The van der Waals surface area contributed by atoms with E-state index in [-0.39, 0.29) is 16.8 Å². The molecule has 0 aliphatic heterocycles. The van der Waals surface area contributed by atoms with Gasteiger partial charge in [0.25, 0.3) is 15.9 Å². The van der Waals surface area contributed by atoms with Crippen LogP contribution in [0.4, 0.5) is 5.69 Å². The number of hydrogen-bond donors (Lipinski definition) is 2. The van der Waals surface area contributed by atoms with Gasteiger partial charge in [-0.15, -0.1) is 0 Å². The van der Waals surface area contributed by atoms with E-state index >= 15 is 0 Å². The second-order valence-electron chi connectivity index (χ2n) is 7.75. The smallest absolute Gasteiger partial charge is 0.261 e. The van der Waals surface area contributed by atoms with Crippen molar-refractivity contribution in [2.45, 2.75) is 43.5 Å². The van der Waals surface area contributed by atoms with Gasteiger partial charge in [0.05, 0.1) is 4.90 Å². The Balaban J connectivity index is 1.49. The first kappa shape index (κ1) is 18.0. The van der Waals surface area contributed by atoms with Crippen LogP contribution in [0.2, 0.25) is 0 Å². The Morgan fingerprint density at radius 1 is 1.04 bits per heavy atom. The van der Waals surface area contributed by atoms with E-state index in [1.807, 2.05) is 19.1 Å². The highest BCUT2D eigenvalue weighted by atomic mass is 32.2. The predicted molar refractivity (Wildman–Crippen MR) is 105 cm³/mol. The van der Waals surface area contributed by atoms with Crippen molar-refractivity contribution < 1.29 is 13.2 Å². The van der Waals surface area contributed by atoms with Crippen LogP contribution in [0.15, 0.2) is 53.4 Å². The Morgan fingerprint density at radius 2 is 1.81 bits per heavy atom. The van der Waals surface area contributed by atoms with Crippen molar-refractivity contribution >= 4 is 21.6 Å². The highest BCUT2D eigenvalue weighted by Gasteiger charge is 2.40. The van der Waals surface area contributed by atoms with E-state index in [4.69, 9.17) is 0 Å². The number of nitrogens with one attached hydrogen (secondary N) is 2. The Morgan fingerprint density at radius 3 is 2.48 bits per heavy atom. The number of aryl methyl sites for hydroxylation is 1. The zero-order valence-electron chi connectivity index (χ0n) is 15.3. The molecular formula is C21H24N2O3S. The Kier molecular flexibility index (Phi) is 4.68. The molecular weight excluding hydrogens is 360 g/mol. The van der Waals surface area contributed by atoms with E-state index in [2.05, 4.69) is 10.0 Å². The number of benzene rings is 2. The van der Waals surface area contributed by atoms with Crippen LogP contribution in [-0.2, 0) is 10.0 Å². The van der Waals surface area contributed by atoms with Crippen LogP contribution < -0.4 is 10.0 Å². The SMILES string of the molecule is Cc1ccc(NS(=O)(=O)c2cccc(C(=O)N[C@H]3C[C@@H]4CC[C@@H]3C4)c2)cc1. The largest absolute Gasteiger partial charge is 0.349 e. The molecule has 0 heterocycles. The summed E-state index contributed by atoms with van der Waals surface area (Å²) in [5.41, 5.74) is 1.93. The number of fused-ring (bicyclic) bond motifs is 2. The third kappa shape index (κ3) is 3.86. The summed E-state index contributed by atoms with van der Waals surface area (Å²) in [6.45, 7) is 1.94. The average molecular weight is 385 g/mol. The lowest BCUT2D eigenvalue weighted by Gasteiger charge is -2.23. The normalized spacial score (nSPS) is 24.0. The van der Waals surface area contributed by atoms with E-state index in [0.29, 0.717) is 17.2 Å². The minimum atomic E-state index is -3.75. The lowest BCUT2D eigenvalue weighted by atomic mass is 9.95. The molecule has 2 fully saturated rings. The van der Waals surface area contributed by atoms with Crippen molar-refractivity contribution in [2.75, 3.05) is 4.72 Å². The van der Waals surface area contributed by atoms with E-state index in [0.717, 1.165) is 17.9 Å². The van der Waals surface area contributed by atoms with Crippen LogP contribution in [0.1, 0.15) is 41.6 Å². The number of hydrogen-bond acceptors (Lipinski definition) is 3. The van der Waals surface area contributed by atoms with Crippen molar-refractivity contribution in [3.8, 4) is 0 Å². The van der Waals surface area contributed by atoms with Crippen molar-refractivity contribution in [3.05, 3.63) is 59.7 Å². The summed E-state index contributed by atoms with van der Waals surface area (Å²) in [7, 11) is -3.75. The maximum absolute atomic E-state index is 12.7. The Bertz CT molecular complexity index is 954. The second kappa shape index (κ2) is 7.00. The average Bonchev–Trinajstić information content (AvgIpc) is 3.27. The number of amides is 1. The summed E-state index contributed by atoms with van der Waals surface area (Å²) in [4.78, 5) is 12.7.